The molecule has 0 amide bonds. The molecule has 11 nitrogen and oxygen atoms in total. The van der Waals surface area contributed by atoms with Crippen LogP contribution >= 0.6 is 11.6 Å². The van der Waals surface area contributed by atoms with Crippen LogP contribution in [0.2, 0.25) is 5.28 Å². The van der Waals surface area contributed by atoms with E-state index in [2.05, 4.69) is 45.1 Å². The molecule has 164 valence electrons. The van der Waals surface area contributed by atoms with Gasteiger partial charge >= 0.3 is 0 Å². The molecule has 3 aromatic heterocycles. The highest BCUT2D eigenvalue weighted by molar-refractivity contribution is 6.28. The summed E-state index contributed by atoms with van der Waals surface area (Å²) in [6, 6.07) is 9.51. The number of halogens is 1. The maximum atomic E-state index is 6.19. The number of fused-ring (bicyclic) bond motifs is 1. The number of piperazine rings is 1. The van der Waals surface area contributed by atoms with E-state index in [0.29, 0.717) is 17.7 Å². The first-order chi connectivity index (χ1) is 15.6. The topological polar surface area (TPSA) is 109 Å². The van der Waals surface area contributed by atoms with E-state index in [1.54, 1.807) is 11.6 Å². The molecule has 1 aromatic carbocycles. The van der Waals surface area contributed by atoms with Crippen molar-refractivity contribution in [2.45, 2.75) is 6.92 Å². The van der Waals surface area contributed by atoms with Crippen LogP contribution in [0.5, 0.6) is 5.75 Å². The van der Waals surface area contributed by atoms with Crippen molar-refractivity contribution in [3.63, 3.8) is 0 Å². The summed E-state index contributed by atoms with van der Waals surface area (Å²) in [7, 11) is 1.63. The second-order valence-electron chi connectivity index (χ2n) is 7.28. The van der Waals surface area contributed by atoms with Crippen LogP contribution in [-0.4, -0.2) is 67.8 Å². The normalized spacial score (nSPS) is 14.1. The average Bonchev–Trinajstić information content (AvgIpc) is 3.27. The first kappa shape index (κ1) is 20.2. The van der Waals surface area contributed by atoms with E-state index >= 15 is 0 Å². The van der Waals surface area contributed by atoms with Crippen molar-refractivity contribution in [3.05, 3.63) is 47.6 Å². The Morgan fingerprint density at radius 3 is 2.47 bits per heavy atom. The molecule has 0 aliphatic carbocycles. The Kier molecular flexibility index (Phi) is 5.31. The number of hydrogen-bond acceptors (Lipinski definition) is 10. The van der Waals surface area contributed by atoms with Crippen LogP contribution in [0.15, 0.2) is 36.7 Å². The minimum atomic E-state index is 0.141. The number of aryl methyl sites for hydroxylation is 1. The molecule has 0 unspecified atom stereocenters. The highest BCUT2D eigenvalue weighted by Crippen LogP contribution is 2.23. The Bertz CT molecular complexity index is 1240. The lowest BCUT2D eigenvalue weighted by atomic mass is 10.3. The quantitative estimate of drug-likeness (QED) is 0.484. The third-order valence-electron chi connectivity index (χ3n) is 5.19. The number of rotatable bonds is 5. The van der Waals surface area contributed by atoms with Gasteiger partial charge in [0.2, 0.25) is 17.2 Å². The number of methoxy groups -OCH3 is 1. The van der Waals surface area contributed by atoms with Gasteiger partial charge in [-0.15, -0.1) is 0 Å². The van der Waals surface area contributed by atoms with E-state index in [1.165, 1.54) is 6.33 Å². The van der Waals surface area contributed by atoms with Crippen LogP contribution in [-0.2, 0) is 0 Å². The summed E-state index contributed by atoms with van der Waals surface area (Å²) in [6.45, 7) is 4.93. The maximum absolute atomic E-state index is 6.19. The van der Waals surface area contributed by atoms with Gasteiger partial charge in [-0.1, -0.05) is 0 Å². The summed E-state index contributed by atoms with van der Waals surface area (Å²) in [5.41, 5.74) is 1.73. The SMILES string of the molecule is COc1ccc(Nc2nc(Cl)nc(N3CCN(c4cc(C)nc5ncnn45)CC3)n2)cc1. The summed E-state index contributed by atoms with van der Waals surface area (Å²) >= 11 is 6.19. The number of nitrogens with one attached hydrogen (secondary N) is 1. The maximum Gasteiger partial charge on any atom is 0.254 e. The van der Waals surface area contributed by atoms with Crippen molar-refractivity contribution in [1.29, 1.82) is 0 Å². The van der Waals surface area contributed by atoms with E-state index in [1.807, 2.05) is 37.3 Å². The zero-order chi connectivity index (χ0) is 22.1. The molecule has 32 heavy (non-hydrogen) atoms. The molecule has 4 aromatic rings. The molecule has 1 N–H and O–H groups in total. The van der Waals surface area contributed by atoms with Crippen molar-refractivity contribution < 1.29 is 4.74 Å². The fourth-order valence-corrected chi connectivity index (χ4v) is 3.77. The van der Waals surface area contributed by atoms with Gasteiger partial charge in [0.15, 0.2) is 0 Å². The fraction of sp³-hybridized carbons (Fsp3) is 0.300. The molecule has 12 heteroatoms. The number of anilines is 4. The standard InChI is InChI=1S/C20H21ClN10O/c1-13-11-16(31-19(24-13)22-12-23-31)29-7-9-30(10-8-29)20-27-17(21)26-18(28-20)25-14-3-5-15(32-2)6-4-14/h3-6,11-12H,7-10H2,1-2H3,(H,25,26,27,28). The Morgan fingerprint density at radius 2 is 1.72 bits per heavy atom. The van der Waals surface area contributed by atoms with Gasteiger partial charge < -0.3 is 19.9 Å². The Balaban J connectivity index is 1.31. The van der Waals surface area contributed by atoms with Crippen molar-refractivity contribution in [2.24, 2.45) is 0 Å². The molecule has 1 saturated heterocycles. The van der Waals surface area contributed by atoms with Crippen molar-refractivity contribution in [2.75, 3.05) is 48.4 Å². The molecule has 0 spiro atoms. The predicted octanol–water partition coefficient (Wildman–Crippen LogP) is 2.35. The number of ether oxygens (including phenoxy) is 1. The molecule has 0 bridgehead atoms. The van der Waals surface area contributed by atoms with Gasteiger partial charge in [0.05, 0.1) is 7.11 Å². The lowest BCUT2D eigenvalue weighted by Crippen LogP contribution is -2.47. The average molecular weight is 453 g/mol. The number of aromatic nitrogens is 7. The molecule has 1 aliphatic heterocycles. The van der Waals surface area contributed by atoms with Crippen molar-refractivity contribution in [1.82, 2.24) is 34.5 Å². The molecule has 4 heterocycles. The predicted molar refractivity (Wildman–Crippen MR) is 121 cm³/mol. The summed E-state index contributed by atoms with van der Waals surface area (Å²) in [5, 5.41) is 7.62. The second-order valence-corrected chi connectivity index (χ2v) is 7.62. The Morgan fingerprint density at radius 1 is 0.969 bits per heavy atom. The number of benzene rings is 1. The van der Waals surface area contributed by atoms with Crippen LogP contribution in [0.25, 0.3) is 5.78 Å². The lowest BCUT2D eigenvalue weighted by molar-refractivity contribution is 0.415. The lowest BCUT2D eigenvalue weighted by Gasteiger charge is -2.35. The highest BCUT2D eigenvalue weighted by Gasteiger charge is 2.23. The van der Waals surface area contributed by atoms with Crippen molar-refractivity contribution in [3.8, 4) is 5.75 Å². The summed E-state index contributed by atoms with van der Waals surface area (Å²) in [4.78, 5) is 26.1. The van der Waals surface area contributed by atoms with Crippen LogP contribution in [0, 0.1) is 6.92 Å². The van der Waals surface area contributed by atoms with E-state index in [0.717, 1.165) is 49.1 Å². The first-order valence-electron chi connectivity index (χ1n) is 10.1. The van der Waals surface area contributed by atoms with E-state index in [-0.39, 0.29) is 5.28 Å². The van der Waals surface area contributed by atoms with Gasteiger partial charge in [-0.3, -0.25) is 0 Å². The third kappa shape index (κ3) is 4.06. The largest absolute Gasteiger partial charge is 0.497 e. The van der Waals surface area contributed by atoms with Crippen molar-refractivity contribution >= 4 is 40.8 Å². The highest BCUT2D eigenvalue weighted by atomic mass is 35.5. The molecule has 0 atom stereocenters. The summed E-state index contributed by atoms with van der Waals surface area (Å²) in [6.07, 6.45) is 1.52. The molecule has 5 rings (SSSR count). The van der Waals surface area contributed by atoms with Crippen LogP contribution < -0.4 is 19.9 Å². The fourth-order valence-electron chi connectivity index (χ4n) is 3.61. The summed E-state index contributed by atoms with van der Waals surface area (Å²) < 4.78 is 6.95. The molecule has 0 radical (unpaired) electrons. The molecule has 0 saturated carbocycles. The second kappa shape index (κ2) is 8.42. The zero-order valence-corrected chi connectivity index (χ0v) is 18.4. The van der Waals surface area contributed by atoms with Crippen LogP contribution in [0.3, 0.4) is 0 Å². The minimum Gasteiger partial charge on any atom is -0.497 e. The number of hydrogen-bond donors (Lipinski definition) is 1. The molecule has 1 fully saturated rings. The molecular weight excluding hydrogens is 432 g/mol. The molecule has 1 aliphatic rings. The van der Waals surface area contributed by atoms with E-state index in [9.17, 15) is 0 Å². The van der Waals surface area contributed by atoms with Gasteiger partial charge in [-0.25, -0.2) is 4.98 Å². The van der Waals surface area contributed by atoms with Gasteiger partial charge in [0.1, 0.15) is 17.9 Å². The molecular formula is C20H21ClN10O. The zero-order valence-electron chi connectivity index (χ0n) is 17.6. The van der Waals surface area contributed by atoms with Gasteiger partial charge in [-0.05, 0) is 42.8 Å². The Hall–Kier alpha value is -3.73. The van der Waals surface area contributed by atoms with Gasteiger partial charge in [0.25, 0.3) is 5.78 Å². The first-order valence-corrected chi connectivity index (χ1v) is 10.5. The van der Waals surface area contributed by atoms with Crippen LogP contribution in [0.1, 0.15) is 5.69 Å². The monoisotopic (exact) mass is 452 g/mol. The summed E-state index contributed by atoms with van der Waals surface area (Å²) in [5.74, 6) is 3.27. The van der Waals surface area contributed by atoms with Gasteiger partial charge in [-0.2, -0.15) is 29.5 Å². The van der Waals surface area contributed by atoms with E-state index < -0.39 is 0 Å². The third-order valence-corrected chi connectivity index (χ3v) is 5.36. The van der Waals surface area contributed by atoms with Crippen LogP contribution in [0.4, 0.5) is 23.4 Å². The smallest absolute Gasteiger partial charge is 0.254 e. The van der Waals surface area contributed by atoms with E-state index in [4.69, 9.17) is 16.3 Å². The van der Waals surface area contributed by atoms with Gasteiger partial charge in [0, 0.05) is 43.6 Å². The Labute approximate surface area is 189 Å². The minimum absolute atomic E-state index is 0.141. The number of nitrogens with zero attached hydrogens (tertiary/aromatic N) is 9.